The number of esters is 1. The third-order valence-corrected chi connectivity index (χ3v) is 5.87. The molecule has 7 nitrogen and oxygen atoms in total. The van der Waals surface area contributed by atoms with Crippen LogP contribution in [-0.2, 0) is 9.53 Å². The molecule has 0 radical (unpaired) electrons. The van der Waals surface area contributed by atoms with Gasteiger partial charge in [0.15, 0.2) is 11.5 Å². The Balaban J connectivity index is 1.81. The molecular weight excluding hydrogens is 396 g/mol. The maximum Gasteiger partial charge on any atom is 0.319 e. The Morgan fingerprint density at radius 2 is 1.84 bits per heavy atom. The molecule has 1 aromatic carbocycles. The average Bonchev–Trinajstić information content (AvgIpc) is 2.73. The molecule has 2 atom stereocenters. The quantitative estimate of drug-likeness (QED) is 0.616. The van der Waals surface area contributed by atoms with E-state index in [1.807, 2.05) is 13.0 Å². The Kier molecular flexibility index (Phi) is 8.20. The van der Waals surface area contributed by atoms with Gasteiger partial charge in [0, 0.05) is 5.70 Å². The van der Waals surface area contributed by atoms with Crippen molar-refractivity contribution >= 4 is 12.0 Å². The molecule has 0 unspecified atom stereocenters. The van der Waals surface area contributed by atoms with E-state index in [4.69, 9.17) is 14.2 Å². The van der Waals surface area contributed by atoms with Crippen molar-refractivity contribution in [2.75, 3.05) is 13.7 Å². The van der Waals surface area contributed by atoms with Crippen LogP contribution in [0, 0.1) is 5.92 Å². The number of nitrogens with one attached hydrogen (secondary N) is 2. The summed E-state index contributed by atoms with van der Waals surface area (Å²) in [7, 11) is 1.57. The smallest absolute Gasteiger partial charge is 0.319 e. The summed E-state index contributed by atoms with van der Waals surface area (Å²) in [4.78, 5) is 25.4. The van der Waals surface area contributed by atoms with Crippen LogP contribution < -0.4 is 20.1 Å². The molecule has 1 saturated carbocycles. The van der Waals surface area contributed by atoms with Gasteiger partial charge in [0.1, 0.15) is 12.0 Å². The van der Waals surface area contributed by atoms with Gasteiger partial charge < -0.3 is 24.8 Å². The van der Waals surface area contributed by atoms with E-state index >= 15 is 0 Å². The van der Waals surface area contributed by atoms with Crippen molar-refractivity contribution in [2.24, 2.45) is 5.92 Å². The summed E-state index contributed by atoms with van der Waals surface area (Å²) in [6, 6.07) is 4.45. The van der Waals surface area contributed by atoms with Gasteiger partial charge in [0.2, 0.25) is 0 Å². The zero-order valence-electron chi connectivity index (χ0n) is 18.6. The first kappa shape index (κ1) is 23.0. The molecule has 2 N–H and O–H groups in total. The van der Waals surface area contributed by atoms with Crippen LogP contribution in [0.4, 0.5) is 4.79 Å². The highest BCUT2D eigenvalue weighted by Gasteiger charge is 2.40. The minimum Gasteiger partial charge on any atom is -0.493 e. The van der Waals surface area contributed by atoms with Crippen LogP contribution in [0.3, 0.4) is 0 Å². The fraction of sp³-hybridized carbons (Fsp3) is 0.583. The molecular formula is C24H34N2O5. The van der Waals surface area contributed by atoms with Crippen molar-refractivity contribution in [1.29, 1.82) is 0 Å². The molecule has 1 heterocycles. The molecule has 170 valence electrons. The van der Waals surface area contributed by atoms with E-state index < -0.39 is 18.0 Å². The molecule has 0 spiro atoms. The molecule has 1 saturated heterocycles. The lowest BCUT2D eigenvalue weighted by molar-refractivity contribution is -0.155. The van der Waals surface area contributed by atoms with Gasteiger partial charge in [-0.3, -0.25) is 4.79 Å². The summed E-state index contributed by atoms with van der Waals surface area (Å²) >= 11 is 0. The van der Waals surface area contributed by atoms with E-state index in [-0.39, 0.29) is 12.1 Å². The van der Waals surface area contributed by atoms with E-state index in [2.05, 4.69) is 17.2 Å². The number of methoxy groups -OCH3 is 1. The highest BCUT2D eigenvalue weighted by Crippen LogP contribution is 2.36. The lowest BCUT2D eigenvalue weighted by atomic mass is 9.88. The Labute approximate surface area is 184 Å². The van der Waals surface area contributed by atoms with E-state index in [1.165, 1.54) is 19.3 Å². The van der Waals surface area contributed by atoms with Crippen molar-refractivity contribution < 1.29 is 23.8 Å². The minimum atomic E-state index is -0.727. The molecule has 2 aliphatic rings. The Bertz CT molecular complexity index is 786. The number of carbonyl (C=O) groups excluding carboxylic acids is 2. The fourth-order valence-electron chi connectivity index (χ4n) is 4.22. The van der Waals surface area contributed by atoms with Crippen LogP contribution in [0.15, 0.2) is 30.5 Å². The van der Waals surface area contributed by atoms with Crippen molar-refractivity contribution in [3.63, 3.8) is 0 Å². The Morgan fingerprint density at radius 3 is 2.52 bits per heavy atom. The van der Waals surface area contributed by atoms with Gasteiger partial charge >= 0.3 is 12.0 Å². The predicted molar refractivity (Wildman–Crippen MR) is 118 cm³/mol. The normalized spacial score (nSPS) is 22.5. The number of hydrogen-bond acceptors (Lipinski definition) is 5. The van der Waals surface area contributed by atoms with E-state index in [1.54, 1.807) is 19.2 Å². The SMILES string of the molecule is C=C1NC(=O)N[C@H](c2ccc(OCCC)c(OC)c2)[C@H]1C(=O)OC1CCCCCCC1. The van der Waals surface area contributed by atoms with E-state index in [0.717, 1.165) is 37.7 Å². The van der Waals surface area contributed by atoms with Gasteiger partial charge in [-0.05, 0) is 49.8 Å². The van der Waals surface area contributed by atoms with Gasteiger partial charge in [-0.2, -0.15) is 0 Å². The zero-order valence-corrected chi connectivity index (χ0v) is 18.6. The number of hydrogen-bond donors (Lipinski definition) is 2. The summed E-state index contributed by atoms with van der Waals surface area (Å²) < 4.78 is 17.1. The summed E-state index contributed by atoms with van der Waals surface area (Å²) in [5.74, 6) is 0.0888. The first-order valence-corrected chi connectivity index (χ1v) is 11.3. The molecule has 1 aromatic rings. The molecule has 0 aromatic heterocycles. The molecule has 1 aliphatic heterocycles. The first-order chi connectivity index (χ1) is 15.0. The monoisotopic (exact) mass is 430 g/mol. The van der Waals surface area contributed by atoms with Crippen molar-refractivity contribution in [1.82, 2.24) is 10.6 Å². The van der Waals surface area contributed by atoms with Crippen molar-refractivity contribution in [3.05, 3.63) is 36.0 Å². The maximum atomic E-state index is 13.2. The maximum absolute atomic E-state index is 13.2. The third kappa shape index (κ3) is 5.93. The molecule has 2 fully saturated rings. The van der Waals surface area contributed by atoms with Crippen LogP contribution in [-0.4, -0.2) is 31.8 Å². The first-order valence-electron chi connectivity index (χ1n) is 11.3. The highest BCUT2D eigenvalue weighted by molar-refractivity contribution is 5.85. The lowest BCUT2D eigenvalue weighted by Gasteiger charge is -2.34. The number of urea groups is 1. The average molecular weight is 431 g/mol. The second-order valence-corrected chi connectivity index (χ2v) is 8.24. The number of rotatable bonds is 7. The summed E-state index contributed by atoms with van der Waals surface area (Å²) in [5, 5.41) is 5.50. The van der Waals surface area contributed by atoms with Crippen LogP contribution in [0.25, 0.3) is 0 Å². The number of ether oxygens (including phenoxy) is 3. The molecule has 0 bridgehead atoms. The topological polar surface area (TPSA) is 85.9 Å². The predicted octanol–water partition coefficient (Wildman–Crippen LogP) is 4.62. The largest absolute Gasteiger partial charge is 0.493 e. The second kappa shape index (κ2) is 11.1. The van der Waals surface area contributed by atoms with Gasteiger partial charge in [0.05, 0.1) is 19.8 Å². The fourth-order valence-corrected chi connectivity index (χ4v) is 4.22. The van der Waals surface area contributed by atoms with Crippen LogP contribution >= 0.6 is 0 Å². The van der Waals surface area contributed by atoms with Gasteiger partial charge in [-0.1, -0.05) is 38.8 Å². The highest BCUT2D eigenvalue weighted by atomic mass is 16.5. The van der Waals surface area contributed by atoms with E-state index in [0.29, 0.717) is 23.8 Å². The lowest BCUT2D eigenvalue weighted by Crippen LogP contribution is -2.51. The van der Waals surface area contributed by atoms with Gasteiger partial charge in [0.25, 0.3) is 0 Å². The van der Waals surface area contributed by atoms with E-state index in [9.17, 15) is 9.59 Å². The number of benzene rings is 1. The van der Waals surface area contributed by atoms with Crippen LogP contribution in [0.1, 0.15) is 69.9 Å². The van der Waals surface area contributed by atoms with Crippen molar-refractivity contribution in [2.45, 2.75) is 70.4 Å². The zero-order chi connectivity index (χ0) is 22.2. The van der Waals surface area contributed by atoms with Crippen LogP contribution in [0.5, 0.6) is 11.5 Å². The van der Waals surface area contributed by atoms with Gasteiger partial charge in [-0.25, -0.2) is 4.79 Å². The third-order valence-electron chi connectivity index (χ3n) is 5.87. The molecule has 31 heavy (non-hydrogen) atoms. The number of amides is 2. The summed E-state index contributed by atoms with van der Waals surface area (Å²) in [6.07, 6.45) is 8.30. The molecule has 3 rings (SSSR count). The minimum absolute atomic E-state index is 0.0850. The molecule has 2 amide bonds. The molecule has 1 aliphatic carbocycles. The Hall–Kier alpha value is -2.70. The Morgan fingerprint density at radius 1 is 1.13 bits per heavy atom. The summed E-state index contributed by atoms with van der Waals surface area (Å²) in [5.41, 5.74) is 1.08. The molecule has 7 heteroatoms. The summed E-state index contributed by atoms with van der Waals surface area (Å²) in [6.45, 7) is 6.55. The van der Waals surface area contributed by atoms with Crippen molar-refractivity contribution in [3.8, 4) is 11.5 Å². The van der Waals surface area contributed by atoms with Gasteiger partial charge in [-0.15, -0.1) is 0 Å². The van der Waals surface area contributed by atoms with Crippen LogP contribution in [0.2, 0.25) is 0 Å². The number of carbonyl (C=O) groups is 2. The standard InChI is InChI=1S/C24H34N2O5/c1-4-14-30-19-13-12-17(15-20(19)29-3)22-21(16(2)25-24(28)26-22)23(27)31-18-10-8-6-5-7-9-11-18/h12-13,15,18,21-22H,2,4-11,14H2,1,3H3,(H2,25,26,28)/t21-,22+/m0/s1. The second-order valence-electron chi connectivity index (χ2n) is 8.24.